The van der Waals surface area contributed by atoms with Crippen LogP contribution in [0.1, 0.15) is 95.9 Å². The number of allylic oxidation sites excluding steroid dienone is 8. The Labute approximate surface area is 276 Å². The van der Waals surface area contributed by atoms with Crippen molar-refractivity contribution in [3.05, 3.63) is 70.3 Å². The Bertz CT molecular complexity index is 1160. The van der Waals surface area contributed by atoms with Gasteiger partial charge in [-0.05, 0) is 68.6 Å². The molecule has 2 unspecified atom stereocenters. The minimum Gasteiger partial charge on any atom is -0.508 e. The van der Waals surface area contributed by atoms with E-state index in [1.165, 1.54) is 12.2 Å². The second-order valence-electron chi connectivity index (χ2n) is 16.2. The summed E-state index contributed by atoms with van der Waals surface area (Å²) in [7, 11) is 0. The molecular formula is C38H58O6S. The Hall–Kier alpha value is -2.67. The third kappa shape index (κ3) is 11.9. The lowest BCUT2D eigenvalue weighted by Crippen LogP contribution is -2.24. The van der Waals surface area contributed by atoms with Gasteiger partial charge in [-0.25, -0.2) is 9.59 Å². The van der Waals surface area contributed by atoms with Gasteiger partial charge in [-0.2, -0.15) is 11.8 Å². The molecule has 0 aromatic heterocycles. The Morgan fingerprint density at radius 1 is 0.667 bits per heavy atom. The quantitative estimate of drug-likeness (QED) is 0.139. The fourth-order valence-corrected chi connectivity index (χ4v) is 6.09. The van der Waals surface area contributed by atoms with E-state index in [-0.39, 0.29) is 46.7 Å². The van der Waals surface area contributed by atoms with Crippen molar-refractivity contribution in [2.75, 3.05) is 24.7 Å². The molecule has 45 heavy (non-hydrogen) atoms. The van der Waals surface area contributed by atoms with Crippen LogP contribution in [0, 0.1) is 33.5 Å². The zero-order chi connectivity index (χ0) is 34.4. The smallest absolute Gasteiger partial charge is 0.330 e. The van der Waals surface area contributed by atoms with Crippen molar-refractivity contribution in [1.82, 2.24) is 0 Å². The molecule has 0 heterocycles. The normalized spacial score (nSPS) is 20.5. The van der Waals surface area contributed by atoms with Gasteiger partial charge in [0, 0.05) is 23.7 Å². The molecule has 0 fully saturated rings. The maximum atomic E-state index is 12.4. The first-order chi connectivity index (χ1) is 20.5. The predicted octanol–water partition coefficient (Wildman–Crippen LogP) is 9.62. The van der Waals surface area contributed by atoms with Crippen molar-refractivity contribution in [2.45, 2.75) is 95.9 Å². The van der Waals surface area contributed by atoms with E-state index >= 15 is 0 Å². The first-order valence-electron chi connectivity index (χ1n) is 16.1. The Morgan fingerprint density at radius 2 is 1.00 bits per heavy atom. The molecule has 2 rings (SSSR count). The van der Waals surface area contributed by atoms with Gasteiger partial charge in [0.25, 0.3) is 0 Å². The minimum absolute atomic E-state index is 0.00819. The zero-order valence-corrected chi connectivity index (χ0v) is 30.6. The average Bonchev–Trinajstić information content (AvgIpc) is 2.88. The van der Waals surface area contributed by atoms with Crippen molar-refractivity contribution in [3.63, 3.8) is 0 Å². The van der Waals surface area contributed by atoms with E-state index in [4.69, 9.17) is 9.47 Å². The number of thioether (sulfide) groups is 1. The van der Waals surface area contributed by atoms with Crippen LogP contribution >= 0.6 is 11.8 Å². The van der Waals surface area contributed by atoms with E-state index in [1.54, 1.807) is 11.8 Å². The lowest BCUT2D eigenvalue weighted by molar-refractivity contribution is -0.137. The molecule has 0 saturated heterocycles. The van der Waals surface area contributed by atoms with E-state index in [9.17, 15) is 19.8 Å². The summed E-state index contributed by atoms with van der Waals surface area (Å²) in [5.41, 5.74) is 3.03. The van der Waals surface area contributed by atoms with Gasteiger partial charge in [-0.3, -0.25) is 0 Å². The van der Waals surface area contributed by atoms with Gasteiger partial charge in [-0.15, -0.1) is 0 Å². The maximum Gasteiger partial charge on any atom is 0.330 e. The van der Waals surface area contributed by atoms with Gasteiger partial charge < -0.3 is 19.7 Å². The molecule has 0 aromatic carbocycles. The number of carbonyl (C=O) groups is 2. The number of aliphatic hydroxyl groups excluding tert-OH is 2. The largest absolute Gasteiger partial charge is 0.508 e. The fourth-order valence-electron chi connectivity index (χ4n) is 5.48. The lowest BCUT2D eigenvalue weighted by atomic mass is 9.71. The molecule has 0 radical (unpaired) electrons. The summed E-state index contributed by atoms with van der Waals surface area (Å²) < 4.78 is 10.7. The number of ether oxygens (including phenoxy) is 2. The molecule has 0 amide bonds. The Balaban J connectivity index is 1.77. The second kappa shape index (κ2) is 15.3. The molecule has 0 saturated carbocycles. The molecule has 0 bridgehead atoms. The van der Waals surface area contributed by atoms with Crippen LogP contribution in [0.2, 0.25) is 0 Å². The minimum atomic E-state index is -0.391. The van der Waals surface area contributed by atoms with Crippen molar-refractivity contribution in [2.24, 2.45) is 33.5 Å². The summed E-state index contributed by atoms with van der Waals surface area (Å²) in [4.78, 5) is 24.7. The third-order valence-corrected chi connectivity index (χ3v) is 8.96. The Kier molecular flexibility index (Phi) is 13.1. The summed E-state index contributed by atoms with van der Waals surface area (Å²) >= 11 is 1.55. The van der Waals surface area contributed by atoms with E-state index in [2.05, 4.69) is 95.2 Å². The first kappa shape index (κ1) is 38.5. The predicted molar refractivity (Wildman–Crippen MR) is 187 cm³/mol. The first-order valence-corrected chi connectivity index (χ1v) is 17.3. The van der Waals surface area contributed by atoms with Crippen LogP contribution in [0.5, 0.6) is 0 Å². The summed E-state index contributed by atoms with van der Waals surface area (Å²) in [5, 5.41) is 21.9. The Morgan fingerprint density at radius 3 is 1.29 bits per heavy atom. The number of esters is 2. The topological polar surface area (TPSA) is 93.1 Å². The lowest BCUT2D eigenvalue weighted by Gasteiger charge is -2.35. The average molecular weight is 643 g/mol. The number of aliphatic hydroxyl groups is 2. The van der Waals surface area contributed by atoms with Crippen molar-refractivity contribution in [1.29, 1.82) is 0 Å². The summed E-state index contributed by atoms with van der Waals surface area (Å²) in [6.45, 7) is 25.6. The molecule has 2 aliphatic rings. The summed E-state index contributed by atoms with van der Waals surface area (Å²) in [6, 6.07) is 0. The molecule has 6 nitrogen and oxygen atoms in total. The fraction of sp³-hybridized carbons (Fsp3) is 0.632. The van der Waals surface area contributed by atoms with E-state index < -0.39 is 11.9 Å². The molecule has 2 N–H and O–H groups in total. The van der Waals surface area contributed by atoms with E-state index in [0.29, 0.717) is 35.9 Å². The molecule has 2 aliphatic carbocycles. The summed E-state index contributed by atoms with van der Waals surface area (Å²) in [5.74, 6) is 1.20. The van der Waals surface area contributed by atoms with Crippen LogP contribution < -0.4 is 0 Å². The van der Waals surface area contributed by atoms with Crippen LogP contribution in [0.25, 0.3) is 0 Å². The SMILES string of the molecule is CC(C)(C)C1=CC(C=CC(=O)OCCSCCOC(=O)C=CC2C=C(C(C)(C)C)C(O)=C(C(C)(C)C)C2)CC(C(C)(C)C)=C1O. The molecule has 0 spiro atoms. The van der Waals surface area contributed by atoms with Gasteiger partial charge in [0.15, 0.2) is 0 Å². The highest BCUT2D eigenvalue weighted by atomic mass is 32.2. The van der Waals surface area contributed by atoms with E-state index in [0.717, 1.165) is 22.3 Å². The van der Waals surface area contributed by atoms with Gasteiger partial charge in [-0.1, -0.05) is 107 Å². The van der Waals surface area contributed by atoms with Gasteiger partial charge >= 0.3 is 11.9 Å². The molecule has 0 aromatic rings. The maximum absolute atomic E-state index is 12.4. The highest BCUT2D eigenvalue weighted by Gasteiger charge is 2.34. The van der Waals surface area contributed by atoms with Gasteiger partial charge in [0.1, 0.15) is 24.7 Å². The van der Waals surface area contributed by atoms with Crippen LogP contribution in [0.3, 0.4) is 0 Å². The summed E-state index contributed by atoms with van der Waals surface area (Å²) in [6.07, 6.45) is 12.1. The van der Waals surface area contributed by atoms with Crippen LogP contribution in [-0.4, -0.2) is 46.9 Å². The van der Waals surface area contributed by atoms with Crippen molar-refractivity contribution in [3.8, 4) is 0 Å². The number of hydrogen-bond donors (Lipinski definition) is 2. The highest BCUT2D eigenvalue weighted by molar-refractivity contribution is 7.99. The van der Waals surface area contributed by atoms with E-state index in [1.807, 2.05) is 12.2 Å². The zero-order valence-electron chi connectivity index (χ0n) is 29.8. The molecule has 0 aliphatic heterocycles. The second-order valence-corrected chi connectivity index (χ2v) is 17.4. The molecule has 252 valence electrons. The number of hydrogen-bond acceptors (Lipinski definition) is 7. The van der Waals surface area contributed by atoms with Crippen molar-refractivity contribution >= 4 is 23.7 Å². The van der Waals surface area contributed by atoms with Crippen molar-refractivity contribution < 1.29 is 29.3 Å². The third-order valence-electron chi connectivity index (χ3n) is 8.05. The molecular weight excluding hydrogens is 584 g/mol. The molecule has 7 heteroatoms. The molecule has 2 atom stereocenters. The van der Waals surface area contributed by atoms with Crippen LogP contribution in [0.15, 0.2) is 70.3 Å². The van der Waals surface area contributed by atoms with Crippen LogP contribution in [0.4, 0.5) is 0 Å². The number of carbonyl (C=O) groups excluding carboxylic acids is 2. The van der Waals surface area contributed by atoms with Gasteiger partial charge in [0.2, 0.25) is 0 Å². The monoisotopic (exact) mass is 642 g/mol. The standard InChI is InChI=1S/C38H58O6S/c1-35(2,3)27-21-25(22-28(33(27)41)36(4,5)6)13-15-31(39)43-17-19-45-20-18-44-32(40)16-14-26-23-29(37(7,8)9)34(42)30(24-26)38(10,11)12/h13-16,21,23,25-26,41-42H,17-20,22,24H2,1-12H3. The van der Waals surface area contributed by atoms with Crippen LogP contribution in [-0.2, 0) is 19.1 Å². The highest BCUT2D eigenvalue weighted by Crippen LogP contribution is 2.45. The number of rotatable bonds is 10. The van der Waals surface area contributed by atoms with Gasteiger partial charge in [0.05, 0.1) is 0 Å².